The number of carbonyl (C=O) groups is 2. The average Bonchev–Trinajstić information content (AvgIpc) is 3.09. The standard InChI is InChI=1S/C22H24N4O3/c1-22(2,3)29-21(28)26-16-10-5-4-7-13(16)11-12-17(26)20-24-15-9-6-8-14(19(23)27)18(15)25-20/h4-10,17H,11-12H2,1-3H3,(H2,23,27)(H,24,25). The van der Waals surface area contributed by atoms with E-state index in [9.17, 15) is 9.59 Å². The zero-order chi connectivity index (χ0) is 20.8. The summed E-state index contributed by atoms with van der Waals surface area (Å²) in [7, 11) is 0. The number of carbonyl (C=O) groups excluding carboxylic acids is 2. The number of nitrogens with one attached hydrogen (secondary N) is 1. The number of nitrogens with zero attached hydrogens (tertiary/aromatic N) is 2. The van der Waals surface area contributed by atoms with Gasteiger partial charge in [-0.15, -0.1) is 0 Å². The van der Waals surface area contributed by atoms with Crippen LogP contribution >= 0.6 is 0 Å². The quantitative estimate of drug-likeness (QED) is 0.686. The number of H-pyrrole nitrogens is 1. The van der Waals surface area contributed by atoms with Gasteiger partial charge in [-0.25, -0.2) is 9.78 Å². The second-order valence-electron chi connectivity index (χ2n) is 8.22. The SMILES string of the molecule is CC(C)(C)OC(=O)N1c2ccccc2CCC1c1nc2c(C(N)=O)cccc2[nH]1. The Balaban J connectivity index is 1.81. The molecular weight excluding hydrogens is 368 g/mol. The monoisotopic (exact) mass is 392 g/mol. The van der Waals surface area contributed by atoms with Crippen molar-refractivity contribution < 1.29 is 14.3 Å². The van der Waals surface area contributed by atoms with Crippen LogP contribution in [-0.2, 0) is 11.2 Å². The van der Waals surface area contributed by atoms with Crippen molar-refractivity contribution in [2.24, 2.45) is 5.73 Å². The van der Waals surface area contributed by atoms with Crippen molar-refractivity contribution in [1.29, 1.82) is 0 Å². The van der Waals surface area contributed by atoms with Crippen LogP contribution in [0.2, 0.25) is 0 Å². The van der Waals surface area contributed by atoms with E-state index in [1.165, 1.54) is 0 Å². The number of ether oxygens (including phenoxy) is 1. The van der Waals surface area contributed by atoms with Crippen molar-refractivity contribution in [3.8, 4) is 0 Å². The number of amides is 2. The third-order valence-corrected chi connectivity index (χ3v) is 4.95. The highest BCUT2D eigenvalue weighted by Gasteiger charge is 2.36. The van der Waals surface area contributed by atoms with Gasteiger partial charge in [-0.3, -0.25) is 9.69 Å². The molecule has 29 heavy (non-hydrogen) atoms. The Morgan fingerprint density at radius 3 is 2.66 bits per heavy atom. The Morgan fingerprint density at radius 1 is 1.17 bits per heavy atom. The fourth-order valence-corrected chi connectivity index (χ4v) is 3.75. The maximum absolute atomic E-state index is 13.1. The van der Waals surface area contributed by atoms with Crippen molar-refractivity contribution in [1.82, 2.24) is 9.97 Å². The molecule has 0 aliphatic carbocycles. The number of para-hydroxylation sites is 2. The van der Waals surface area contributed by atoms with E-state index in [0.29, 0.717) is 28.8 Å². The fourth-order valence-electron chi connectivity index (χ4n) is 3.75. The topological polar surface area (TPSA) is 101 Å². The van der Waals surface area contributed by atoms with Crippen molar-refractivity contribution in [3.05, 3.63) is 59.4 Å². The maximum atomic E-state index is 13.1. The van der Waals surface area contributed by atoms with Crippen LogP contribution in [0.25, 0.3) is 11.0 Å². The third-order valence-electron chi connectivity index (χ3n) is 4.95. The van der Waals surface area contributed by atoms with Crippen molar-refractivity contribution in [2.75, 3.05) is 4.90 Å². The van der Waals surface area contributed by atoms with E-state index in [0.717, 1.165) is 17.7 Å². The number of rotatable bonds is 2. The number of hydrogen-bond donors (Lipinski definition) is 2. The molecule has 0 spiro atoms. The molecule has 3 N–H and O–H groups in total. The number of aryl methyl sites for hydroxylation is 1. The predicted octanol–water partition coefficient (Wildman–Crippen LogP) is 4.09. The molecule has 0 saturated carbocycles. The van der Waals surface area contributed by atoms with Gasteiger partial charge in [-0.1, -0.05) is 24.3 Å². The minimum absolute atomic E-state index is 0.340. The molecule has 2 aromatic carbocycles. The van der Waals surface area contributed by atoms with Crippen LogP contribution in [-0.4, -0.2) is 27.6 Å². The number of imidazole rings is 1. The van der Waals surface area contributed by atoms with Gasteiger partial charge in [0.05, 0.1) is 22.8 Å². The highest BCUT2D eigenvalue weighted by molar-refractivity contribution is 6.04. The van der Waals surface area contributed by atoms with Crippen LogP contribution in [0.15, 0.2) is 42.5 Å². The van der Waals surface area contributed by atoms with Crippen LogP contribution in [0, 0.1) is 0 Å². The molecule has 7 nitrogen and oxygen atoms in total. The summed E-state index contributed by atoms with van der Waals surface area (Å²) in [4.78, 5) is 34.5. The molecular formula is C22H24N4O3. The van der Waals surface area contributed by atoms with Crippen LogP contribution in [0.3, 0.4) is 0 Å². The van der Waals surface area contributed by atoms with Gasteiger partial charge in [0.15, 0.2) is 0 Å². The van der Waals surface area contributed by atoms with Crippen molar-refractivity contribution in [2.45, 2.75) is 45.3 Å². The van der Waals surface area contributed by atoms with Crippen LogP contribution < -0.4 is 10.6 Å². The molecule has 3 aromatic rings. The largest absolute Gasteiger partial charge is 0.443 e. The molecule has 1 aromatic heterocycles. The molecule has 7 heteroatoms. The van der Waals surface area contributed by atoms with Gasteiger partial charge in [-0.2, -0.15) is 0 Å². The molecule has 150 valence electrons. The lowest BCUT2D eigenvalue weighted by Crippen LogP contribution is -2.42. The maximum Gasteiger partial charge on any atom is 0.415 e. The number of aromatic amines is 1. The number of fused-ring (bicyclic) bond motifs is 2. The number of hydrogen-bond acceptors (Lipinski definition) is 4. The highest BCUT2D eigenvalue weighted by atomic mass is 16.6. The molecule has 0 saturated heterocycles. The summed E-state index contributed by atoms with van der Waals surface area (Å²) < 4.78 is 5.69. The Kier molecular flexibility index (Phi) is 4.53. The normalized spacial score (nSPS) is 16.5. The van der Waals surface area contributed by atoms with Gasteiger partial charge in [0, 0.05) is 0 Å². The number of primary amides is 1. The lowest BCUT2D eigenvalue weighted by molar-refractivity contribution is 0.0558. The zero-order valence-corrected chi connectivity index (χ0v) is 16.7. The molecule has 1 aliphatic rings. The first kappa shape index (κ1) is 19.0. The Hall–Kier alpha value is -3.35. The summed E-state index contributed by atoms with van der Waals surface area (Å²) in [5.41, 5.74) is 8.35. The number of nitrogens with two attached hydrogens (primary N) is 1. The summed E-state index contributed by atoms with van der Waals surface area (Å²) in [6.07, 6.45) is 1.06. The molecule has 1 unspecified atom stereocenters. The molecule has 0 bridgehead atoms. The van der Waals surface area contributed by atoms with Gasteiger partial charge >= 0.3 is 6.09 Å². The van der Waals surface area contributed by atoms with Crippen LogP contribution in [0.4, 0.5) is 10.5 Å². The Morgan fingerprint density at radius 2 is 1.93 bits per heavy atom. The molecule has 4 rings (SSSR count). The van der Waals surface area contributed by atoms with Crippen molar-refractivity contribution in [3.63, 3.8) is 0 Å². The summed E-state index contributed by atoms with van der Waals surface area (Å²) in [6.45, 7) is 5.53. The second-order valence-corrected chi connectivity index (χ2v) is 8.22. The van der Waals surface area contributed by atoms with E-state index in [4.69, 9.17) is 10.5 Å². The van der Waals surface area contributed by atoms with Gasteiger partial charge in [0.25, 0.3) is 5.91 Å². The molecule has 2 heterocycles. The summed E-state index contributed by atoms with van der Waals surface area (Å²) in [5, 5.41) is 0. The number of benzene rings is 2. The minimum Gasteiger partial charge on any atom is -0.443 e. The smallest absolute Gasteiger partial charge is 0.415 e. The first-order valence-electron chi connectivity index (χ1n) is 9.63. The predicted molar refractivity (Wildman–Crippen MR) is 111 cm³/mol. The second kappa shape index (κ2) is 6.92. The first-order valence-corrected chi connectivity index (χ1v) is 9.63. The summed E-state index contributed by atoms with van der Waals surface area (Å²) in [5.74, 6) is 0.0701. The van der Waals surface area contributed by atoms with E-state index in [2.05, 4.69) is 9.97 Å². The summed E-state index contributed by atoms with van der Waals surface area (Å²) in [6, 6.07) is 12.7. The number of aromatic nitrogens is 2. The van der Waals surface area contributed by atoms with E-state index in [1.54, 1.807) is 17.0 Å². The molecule has 1 atom stereocenters. The van der Waals surface area contributed by atoms with Crippen LogP contribution in [0.5, 0.6) is 0 Å². The molecule has 0 fully saturated rings. The third kappa shape index (κ3) is 3.55. The highest BCUT2D eigenvalue weighted by Crippen LogP contribution is 2.39. The molecule has 1 aliphatic heterocycles. The van der Waals surface area contributed by atoms with E-state index in [1.807, 2.05) is 51.1 Å². The molecule has 0 radical (unpaired) electrons. The number of anilines is 1. The zero-order valence-electron chi connectivity index (χ0n) is 16.7. The summed E-state index contributed by atoms with van der Waals surface area (Å²) >= 11 is 0. The lowest BCUT2D eigenvalue weighted by Gasteiger charge is -2.37. The van der Waals surface area contributed by atoms with E-state index >= 15 is 0 Å². The Labute approximate surface area is 168 Å². The molecule has 2 amide bonds. The lowest BCUT2D eigenvalue weighted by atomic mass is 9.95. The van der Waals surface area contributed by atoms with E-state index < -0.39 is 17.6 Å². The van der Waals surface area contributed by atoms with Gasteiger partial charge in [0.2, 0.25) is 0 Å². The van der Waals surface area contributed by atoms with Gasteiger partial charge in [0.1, 0.15) is 16.9 Å². The Bertz CT molecular complexity index is 1100. The van der Waals surface area contributed by atoms with Crippen molar-refractivity contribution >= 4 is 28.7 Å². The minimum atomic E-state index is -0.624. The van der Waals surface area contributed by atoms with Gasteiger partial charge in [-0.05, 0) is 57.4 Å². The average molecular weight is 392 g/mol. The first-order chi connectivity index (χ1) is 13.7. The van der Waals surface area contributed by atoms with Crippen LogP contribution in [0.1, 0.15) is 55.0 Å². The van der Waals surface area contributed by atoms with Gasteiger partial charge < -0.3 is 15.5 Å². The fraction of sp³-hybridized carbons (Fsp3) is 0.318. The van der Waals surface area contributed by atoms with E-state index in [-0.39, 0.29) is 6.04 Å².